The van der Waals surface area contributed by atoms with E-state index in [1.165, 1.54) is 35.6 Å². The summed E-state index contributed by atoms with van der Waals surface area (Å²) in [5, 5.41) is 0.580. The number of hydrogen-bond donors (Lipinski definition) is 0. The molecule has 2 aromatic heterocycles. The van der Waals surface area contributed by atoms with Gasteiger partial charge in [0, 0.05) is 5.56 Å². The van der Waals surface area contributed by atoms with E-state index in [1.54, 1.807) is 17.2 Å². The summed E-state index contributed by atoms with van der Waals surface area (Å²) < 4.78 is 19.6. The lowest BCUT2D eigenvalue weighted by molar-refractivity contribution is 0.0983. The monoisotopic (exact) mass is 366 g/mol. The summed E-state index contributed by atoms with van der Waals surface area (Å²) in [6, 6.07) is 15.1. The van der Waals surface area contributed by atoms with Crippen LogP contribution in [0.5, 0.6) is 0 Å². The first-order chi connectivity index (χ1) is 12.6. The highest BCUT2D eigenvalue weighted by molar-refractivity contribution is 7.22. The van der Waals surface area contributed by atoms with Gasteiger partial charge in [-0.3, -0.25) is 9.69 Å². The minimum absolute atomic E-state index is 0.252. The number of aryl methyl sites for hydroxylation is 1. The standard InChI is InChI=1S/C20H15FN2O2S/c1-13-4-9-17-18(11-13)26-20(22-17)23(12-16-3-2-10-25-16)19(24)14-5-7-15(21)8-6-14/h2-11H,12H2,1H3. The second kappa shape index (κ2) is 6.72. The number of amides is 1. The third-order valence-electron chi connectivity index (χ3n) is 3.99. The molecule has 130 valence electrons. The van der Waals surface area contributed by atoms with Crippen LogP contribution in [0, 0.1) is 12.7 Å². The summed E-state index contributed by atoms with van der Waals surface area (Å²) in [4.78, 5) is 19.2. The normalized spacial score (nSPS) is 11.0. The topological polar surface area (TPSA) is 46.3 Å². The van der Waals surface area contributed by atoms with Gasteiger partial charge >= 0.3 is 0 Å². The van der Waals surface area contributed by atoms with E-state index in [-0.39, 0.29) is 18.3 Å². The first-order valence-corrected chi connectivity index (χ1v) is 8.89. The predicted octanol–water partition coefficient (Wildman–Crippen LogP) is 5.18. The highest BCUT2D eigenvalue weighted by atomic mass is 32.1. The van der Waals surface area contributed by atoms with Gasteiger partial charge in [-0.25, -0.2) is 9.37 Å². The van der Waals surface area contributed by atoms with Gasteiger partial charge in [-0.1, -0.05) is 17.4 Å². The molecule has 4 nitrogen and oxygen atoms in total. The second-order valence-corrected chi connectivity index (χ2v) is 6.95. The van der Waals surface area contributed by atoms with Crippen LogP contribution >= 0.6 is 11.3 Å². The number of fused-ring (bicyclic) bond motifs is 1. The minimum atomic E-state index is -0.380. The van der Waals surface area contributed by atoms with Crippen LogP contribution < -0.4 is 4.90 Å². The van der Waals surface area contributed by atoms with Crippen molar-refractivity contribution in [1.29, 1.82) is 0 Å². The quantitative estimate of drug-likeness (QED) is 0.500. The lowest BCUT2D eigenvalue weighted by Crippen LogP contribution is -2.30. The fourth-order valence-corrected chi connectivity index (χ4v) is 3.73. The van der Waals surface area contributed by atoms with Gasteiger partial charge in [0.2, 0.25) is 0 Å². The van der Waals surface area contributed by atoms with Gasteiger partial charge in [-0.15, -0.1) is 0 Å². The molecule has 4 rings (SSSR count). The van der Waals surface area contributed by atoms with Crippen molar-refractivity contribution in [1.82, 2.24) is 4.98 Å². The summed E-state index contributed by atoms with van der Waals surface area (Å²) in [5.74, 6) is 0.0164. The Kier molecular flexibility index (Phi) is 4.26. The van der Waals surface area contributed by atoms with Crippen molar-refractivity contribution in [3.63, 3.8) is 0 Å². The number of nitrogens with zero attached hydrogens (tertiary/aromatic N) is 2. The van der Waals surface area contributed by atoms with Crippen LogP contribution in [0.1, 0.15) is 21.7 Å². The van der Waals surface area contributed by atoms with Crippen LogP contribution in [0.15, 0.2) is 65.3 Å². The molecule has 26 heavy (non-hydrogen) atoms. The fourth-order valence-electron chi connectivity index (χ4n) is 2.67. The molecule has 4 aromatic rings. The molecular weight excluding hydrogens is 351 g/mol. The average Bonchev–Trinajstić information content (AvgIpc) is 3.28. The second-order valence-electron chi connectivity index (χ2n) is 5.95. The molecule has 0 aliphatic heterocycles. The molecule has 0 saturated carbocycles. The van der Waals surface area contributed by atoms with E-state index in [2.05, 4.69) is 4.98 Å². The number of carbonyl (C=O) groups is 1. The van der Waals surface area contributed by atoms with E-state index < -0.39 is 0 Å². The number of rotatable bonds is 4. The van der Waals surface area contributed by atoms with Crippen molar-refractivity contribution in [2.24, 2.45) is 0 Å². The maximum absolute atomic E-state index is 13.2. The minimum Gasteiger partial charge on any atom is -0.467 e. The van der Waals surface area contributed by atoms with Gasteiger partial charge in [0.05, 0.1) is 23.0 Å². The summed E-state index contributed by atoms with van der Waals surface area (Å²) in [7, 11) is 0. The van der Waals surface area contributed by atoms with Gasteiger partial charge in [-0.2, -0.15) is 0 Å². The van der Waals surface area contributed by atoms with Crippen molar-refractivity contribution >= 4 is 32.6 Å². The van der Waals surface area contributed by atoms with Crippen molar-refractivity contribution in [3.05, 3.63) is 83.6 Å². The Morgan fingerprint density at radius 3 is 2.73 bits per heavy atom. The Hall–Kier alpha value is -2.99. The molecule has 0 N–H and O–H groups in total. The molecule has 0 spiro atoms. The van der Waals surface area contributed by atoms with Crippen molar-refractivity contribution in [3.8, 4) is 0 Å². The molecule has 0 fully saturated rings. The third-order valence-corrected chi connectivity index (χ3v) is 5.04. The van der Waals surface area contributed by atoms with Gasteiger partial charge in [0.1, 0.15) is 11.6 Å². The van der Waals surface area contributed by atoms with Crippen LogP contribution in [0.3, 0.4) is 0 Å². The molecule has 1 amide bonds. The number of halogens is 1. The smallest absolute Gasteiger partial charge is 0.260 e. The van der Waals surface area contributed by atoms with Gasteiger partial charge in [0.15, 0.2) is 5.13 Å². The zero-order valence-electron chi connectivity index (χ0n) is 14.0. The zero-order chi connectivity index (χ0) is 18.1. The van der Waals surface area contributed by atoms with Gasteiger partial charge in [-0.05, 0) is 61.0 Å². The molecule has 0 aliphatic rings. The van der Waals surface area contributed by atoms with Gasteiger partial charge in [0.25, 0.3) is 5.91 Å². The maximum Gasteiger partial charge on any atom is 0.260 e. The lowest BCUT2D eigenvalue weighted by Gasteiger charge is -2.18. The van der Waals surface area contributed by atoms with Gasteiger partial charge < -0.3 is 4.42 Å². The molecule has 0 bridgehead atoms. The Morgan fingerprint density at radius 2 is 2.00 bits per heavy atom. The molecular formula is C20H15FN2O2S. The molecule has 0 saturated heterocycles. The summed E-state index contributed by atoms with van der Waals surface area (Å²) in [5.41, 5.74) is 2.37. The highest BCUT2D eigenvalue weighted by Crippen LogP contribution is 2.31. The molecule has 2 heterocycles. The number of furan rings is 1. The van der Waals surface area contributed by atoms with Crippen LogP contribution in [0.2, 0.25) is 0 Å². The van der Waals surface area contributed by atoms with Crippen molar-refractivity contribution < 1.29 is 13.6 Å². The number of benzene rings is 2. The predicted molar refractivity (Wildman–Crippen MR) is 100.0 cm³/mol. The van der Waals surface area contributed by atoms with Crippen molar-refractivity contribution in [2.75, 3.05) is 4.90 Å². The molecule has 0 aliphatic carbocycles. The Balaban J connectivity index is 1.76. The molecule has 6 heteroatoms. The average molecular weight is 366 g/mol. The number of aromatic nitrogens is 1. The Morgan fingerprint density at radius 1 is 1.19 bits per heavy atom. The SMILES string of the molecule is Cc1ccc2nc(N(Cc3ccco3)C(=O)c3ccc(F)cc3)sc2c1. The summed E-state index contributed by atoms with van der Waals surface area (Å²) in [6.45, 7) is 2.27. The number of anilines is 1. The molecule has 0 atom stereocenters. The first kappa shape index (κ1) is 16.5. The number of hydrogen-bond acceptors (Lipinski definition) is 4. The zero-order valence-corrected chi connectivity index (χ0v) is 14.8. The highest BCUT2D eigenvalue weighted by Gasteiger charge is 2.22. The van der Waals surface area contributed by atoms with Crippen LogP contribution in [-0.2, 0) is 6.54 Å². The molecule has 0 radical (unpaired) electrons. The van der Waals surface area contributed by atoms with E-state index in [0.717, 1.165) is 15.8 Å². The number of thiazole rings is 1. The first-order valence-electron chi connectivity index (χ1n) is 8.07. The van der Waals surface area contributed by atoms with E-state index in [9.17, 15) is 9.18 Å². The largest absolute Gasteiger partial charge is 0.467 e. The van der Waals surface area contributed by atoms with Crippen LogP contribution in [-0.4, -0.2) is 10.9 Å². The summed E-state index contributed by atoms with van der Waals surface area (Å²) >= 11 is 1.45. The van der Waals surface area contributed by atoms with E-state index in [1.807, 2.05) is 31.2 Å². The van der Waals surface area contributed by atoms with E-state index >= 15 is 0 Å². The summed E-state index contributed by atoms with van der Waals surface area (Å²) in [6.07, 6.45) is 1.57. The lowest BCUT2D eigenvalue weighted by atomic mass is 10.2. The van der Waals surface area contributed by atoms with Crippen molar-refractivity contribution in [2.45, 2.75) is 13.5 Å². The van der Waals surface area contributed by atoms with E-state index in [4.69, 9.17) is 4.42 Å². The molecule has 0 unspecified atom stereocenters. The number of carbonyl (C=O) groups excluding carboxylic acids is 1. The van der Waals surface area contributed by atoms with Crippen LogP contribution in [0.25, 0.3) is 10.2 Å². The third kappa shape index (κ3) is 3.23. The Bertz CT molecular complexity index is 1060. The molecule has 2 aromatic carbocycles. The Labute approximate surface area is 153 Å². The van der Waals surface area contributed by atoms with E-state index in [0.29, 0.717) is 16.5 Å². The fraction of sp³-hybridized carbons (Fsp3) is 0.100. The maximum atomic E-state index is 13.2. The van der Waals surface area contributed by atoms with Crippen LogP contribution in [0.4, 0.5) is 9.52 Å².